The zero-order valence-electron chi connectivity index (χ0n) is 15.5. The highest BCUT2D eigenvalue weighted by atomic mass is 79.9. The van der Waals surface area contributed by atoms with Crippen molar-refractivity contribution in [3.05, 3.63) is 64.0 Å². The Morgan fingerprint density at radius 2 is 2.07 bits per heavy atom. The summed E-state index contributed by atoms with van der Waals surface area (Å²) in [5, 5.41) is 3.81. The topological polar surface area (TPSA) is 54.5 Å². The maximum atomic E-state index is 13.9. The Bertz CT molecular complexity index is 1070. The molecule has 1 N–H and O–H groups in total. The second-order valence-electron chi connectivity index (χ2n) is 6.87. The maximum absolute atomic E-state index is 13.9. The van der Waals surface area contributed by atoms with Gasteiger partial charge in [-0.25, -0.2) is 4.39 Å². The molecule has 0 saturated heterocycles. The number of carbonyl (C=O) groups excluding carboxylic acids is 1. The van der Waals surface area contributed by atoms with Crippen LogP contribution in [0, 0.1) is 5.82 Å². The van der Waals surface area contributed by atoms with Gasteiger partial charge in [0.1, 0.15) is 11.6 Å². The number of hydrogen-bond donors (Lipinski definition) is 1. The number of halogens is 2. The first-order valence-electron chi connectivity index (χ1n) is 8.94. The van der Waals surface area contributed by atoms with Crippen molar-refractivity contribution in [2.75, 3.05) is 25.6 Å². The largest absolute Gasteiger partial charge is 0.493 e. The molecule has 4 rings (SSSR count). The van der Waals surface area contributed by atoms with Crippen LogP contribution >= 0.6 is 15.9 Å². The van der Waals surface area contributed by atoms with E-state index >= 15 is 0 Å². The highest BCUT2D eigenvalue weighted by Gasteiger charge is 2.25. The van der Waals surface area contributed by atoms with E-state index in [2.05, 4.69) is 26.2 Å². The Labute approximate surface area is 170 Å². The first kappa shape index (κ1) is 18.7. The summed E-state index contributed by atoms with van der Waals surface area (Å²) in [5.74, 6) is 0.184. The van der Waals surface area contributed by atoms with Gasteiger partial charge in [0.25, 0.3) is 5.91 Å². The third-order valence-electron chi connectivity index (χ3n) is 4.86. The number of hydrogen-bond acceptors (Lipinski definition) is 4. The molecule has 1 unspecified atom stereocenters. The normalized spacial score (nSPS) is 15.6. The predicted molar refractivity (Wildman–Crippen MR) is 110 cm³/mol. The minimum atomic E-state index is -0.388. The van der Waals surface area contributed by atoms with Crippen molar-refractivity contribution in [2.45, 2.75) is 12.5 Å². The fraction of sp³-hybridized carbons (Fsp3) is 0.238. The number of fused-ring (bicyclic) bond motifs is 2. The number of amides is 1. The van der Waals surface area contributed by atoms with Crippen LogP contribution in [0.3, 0.4) is 0 Å². The van der Waals surface area contributed by atoms with E-state index in [0.717, 1.165) is 11.3 Å². The lowest BCUT2D eigenvalue weighted by atomic mass is 10.00. The SMILES string of the molecule is CN(C)c1c(C(=O)NC2CCOc3ccccc32)cnc2c(Br)c(F)ccc12. The van der Waals surface area contributed by atoms with Gasteiger partial charge in [0.05, 0.1) is 33.9 Å². The molecule has 5 nitrogen and oxygen atoms in total. The molecular formula is C21H19BrFN3O2. The van der Waals surface area contributed by atoms with Crippen LogP contribution in [-0.4, -0.2) is 31.6 Å². The highest BCUT2D eigenvalue weighted by molar-refractivity contribution is 9.10. The highest BCUT2D eigenvalue weighted by Crippen LogP contribution is 2.35. The Hall–Kier alpha value is -2.67. The molecule has 1 aromatic heterocycles. The summed E-state index contributed by atoms with van der Waals surface area (Å²) in [7, 11) is 3.71. The minimum absolute atomic E-state index is 0.136. The molecule has 0 bridgehead atoms. The second-order valence-corrected chi connectivity index (χ2v) is 7.67. The van der Waals surface area contributed by atoms with Crippen LogP contribution in [0.2, 0.25) is 0 Å². The van der Waals surface area contributed by atoms with Crippen LogP contribution in [0.5, 0.6) is 5.75 Å². The van der Waals surface area contributed by atoms with Crippen molar-refractivity contribution >= 4 is 38.4 Å². The van der Waals surface area contributed by atoms with E-state index in [0.29, 0.717) is 39.7 Å². The first-order valence-corrected chi connectivity index (χ1v) is 9.73. The zero-order chi connectivity index (χ0) is 19.8. The van der Waals surface area contributed by atoms with Gasteiger partial charge in [-0.3, -0.25) is 9.78 Å². The Balaban J connectivity index is 1.74. The van der Waals surface area contributed by atoms with Gasteiger partial charge in [0.15, 0.2) is 0 Å². The van der Waals surface area contributed by atoms with Gasteiger partial charge in [0.2, 0.25) is 0 Å². The molecule has 144 valence electrons. The zero-order valence-corrected chi connectivity index (χ0v) is 17.1. The van der Waals surface area contributed by atoms with E-state index in [4.69, 9.17) is 4.74 Å². The molecule has 28 heavy (non-hydrogen) atoms. The smallest absolute Gasteiger partial charge is 0.255 e. The summed E-state index contributed by atoms with van der Waals surface area (Å²) in [4.78, 5) is 19.3. The fourth-order valence-electron chi connectivity index (χ4n) is 3.57. The summed E-state index contributed by atoms with van der Waals surface area (Å²) < 4.78 is 19.9. The van der Waals surface area contributed by atoms with Crippen LogP contribution in [0.1, 0.15) is 28.4 Å². The molecule has 1 aliphatic rings. The molecule has 3 aromatic rings. The standard InChI is InChI=1S/C21H19BrFN3O2/c1-26(2)20-13-7-8-15(23)18(22)19(13)24-11-14(20)21(27)25-16-9-10-28-17-6-4-3-5-12(16)17/h3-8,11,16H,9-10H2,1-2H3,(H,25,27). The Morgan fingerprint density at radius 3 is 2.86 bits per heavy atom. The average molecular weight is 444 g/mol. The van der Waals surface area contributed by atoms with Crippen LogP contribution < -0.4 is 15.0 Å². The van der Waals surface area contributed by atoms with Crippen molar-refractivity contribution in [1.82, 2.24) is 10.3 Å². The van der Waals surface area contributed by atoms with E-state index < -0.39 is 0 Å². The van der Waals surface area contributed by atoms with Crippen LogP contribution in [0.25, 0.3) is 10.9 Å². The van der Waals surface area contributed by atoms with E-state index in [9.17, 15) is 9.18 Å². The minimum Gasteiger partial charge on any atom is -0.493 e. The summed E-state index contributed by atoms with van der Waals surface area (Å²) in [6.07, 6.45) is 2.19. The Kier molecular flexibility index (Phi) is 4.93. The maximum Gasteiger partial charge on any atom is 0.255 e. The van der Waals surface area contributed by atoms with Gasteiger partial charge < -0.3 is 15.0 Å². The number of ether oxygens (including phenoxy) is 1. The molecule has 2 aromatic carbocycles. The average Bonchev–Trinajstić information content (AvgIpc) is 2.70. The van der Waals surface area contributed by atoms with Gasteiger partial charge in [-0.15, -0.1) is 0 Å². The molecule has 7 heteroatoms. The van der Waals surface area contributed by atoms with Crippen molar-refractivity contribution in [1.29, 1.82) is 0 Å². The Morgan fingerprint density at radius 1 is 1.29 bits per heavy atom. The van der Waals surface area contributed by atoms with Gasteiger partial charge in [-0.2, -0.15) is 0 Å². The number of nitrogens with zero attached hydrogens (tertiary/aromatic N) is 2. The first-order chi connectivity index (χ1) is 13.5. The molecular weight excluding hydrogens is 425 g/mol. The van der Waals surface area contributed by atoms with E-state index in [1.807, 2.05) is 43.3 Å². The molecule has 1 atom stereocenters. The number of benzene rings is 2. The van der Waals surface area contributed by atoms with Crippen molar-refractivity contribution < 1.29 is 13.9 Å². The number of carbonyl (C=O) groups is 1. The monoisotopic (exact) mass is 443 g/mol. The number of pyridine rings is 1. The summed E-state index contributed by atoms with van der Waals surface area (Å²) in [6, 6.07) is 10.6. The number of aromatic nitrogens is 1. The number of anilines is 1. The summed E-state index contributed by atoms with van der Waals surface area (Å²) >= 11 is 3.25. The number of para-hydroxylation sites is 1. The lowest BCUT2D eigenvalue weighted by Crippen LogP contribution is -2.33. The predicted octanol–water partition coefficient (Wildman–Crippen LogP) is 4.46. The lowest BCUT2D eigenvalue weighted by molar-refractivity contribution is 0.0925. The summed E-state index contributed by atoms with van der Waals surface area (Å²) in [5.41, 5.74) is 2.59. The number of nitrogens with one attached hydrogen (secondary N) is 1. The third kappa shape index (κ3) is 3.20. The van der Waals surface area contributed by atoms with Gasteiger partial charge >= 0.3 is 0 Å². The third-order valence-corrected chi connectivity index (χ3v) is 5.61. The second kappa shape index (κ2) is 7.39. The van der Waals surface area contributed by atoms with Gasteiger partial charge in [-0.1, -0.05) is 18.2 Å². The van der Waals surface area contributed by atoms with Gasteiger partial charge in [0, 0.05) is 37.7 Å². The molecule has 1 aliphatic heterocycles. The lowest BCUT2D eigenvalue weighted by Gasteiger charge is -2.27. The fourth-order valence-corrected chi connectivity index (χ4v) is 4.02. The number of rotatable bonds is 3. The van der Waals surface area contributed by atoms with Crippen molar-refractivity contribution in [3.63, 3.8) is 0 Å². The molecule has 0 fully saturated rings. The molecule has 0 aliphatic carbocycles. The molecule has 0 spiro atoms. The summed E-state index contributed by atoms with van der Waals surface area (Å²) in [6.45, 7) is 0.546. The van der Waals surface area contributed by atoms with Crippen LogP contribution in [0.4, 0.5) is 10.1 Å². The van der Waals surface area contributed by atoms with E-state index in [1.165, 1.54) is 12.3 Å². The van der Waals surface area contributed by atoms with E-state index in [-0.39, 0.29) is 17.8 Å². The molecule has 0 radical (unpaired) electrons. The van der Waals surface area contributed by atoms with Crippen molar-refractivity contribution in [2.24, 2.45) is 0 Å². The van der Waals surface area contributed by atoms with Gasteiger partial charge in [-0.05, 0) is 34.1 Å². The van der Waals surface area contributed by atoms with Crippen molar-refractivity contribution in [3.8, 4) is 5.75 Å². The molecule has 2 heterocycles. The van der Waals surface area contributed by atoms with E-state index in [1.54, 1.807) is 6.07 Å². The molecule has 1 amide bonds. The van der Waals surface area contributed by atoms with Crippen LogP contribution in [-0.2, 0) is 0 Å². The quantitative estimate of drug-likeness (QED) is 0.649. The van der Waals surface area contributed by atoms with Crippen LogP contribution in [0.15, 0.2) is 47.1 Å². The molecule has 0 saturated carbocycles.